The van der Waals surface area contributed by atoms with Crippen LogP contribution in [-0.4, -0.2) is 6.04 Å². The number of halogens is 1. The van der Waals surface area contributed by atoms with E-state index in [1.807, 2.05) is 0 Å². The third kappa shape index (κ3) is 2.79. The Balaban J connectivity index is 2.01. The molecule has 1 saturated carbocycles. The van der Waals surface area contributed by atoms with Gasteiger partial charge in [-0.05, 0) is 56.2 Å². The van der Waals surface area contributed by atoms with Crippen LogP contribution in [0.25, 0.3) is 0 Å². The van der Waals surface area contributed by atoms with Crippen LogP contribution < -0.4 is 5.32 Å². The van der Waals surface area contributed by atoms with E-state index in [-0.39, 0.29) is 0 Å². The summed E-state index contributed by atoms with van der Waals surface area (Å²) in [6.45, 7) is 4.53. The van der Waals surface area contributed by atoms with Gasteiger partial charge in [-0.15, -0.1) is 0 Å². The van der Waals surface area contributed by atoms with Crippen molar-refractivity contribution in [2.75, 3.05) is 5.32 Å². The van der Waals surface area contributed by atoms with Gasteiger partial charge < -0.3 is 5.32 Å². The smallest absolute Gasteiger partial charge is 0.0383 e. The quantitative estimate of drug-likeness (QED) is 0.825. The summed E-state index contributed by atoms with van der Waals surface area (Å²) in [7, 11) is 0. The molecule has 2 heteroatoms. The lowest BCUT2D eigenvalue weighted by Gasteiger charge is -2.28. The predicted molar refractivity (Wildman–Crippen MR) is 73.9 cm³/mol. The maximum atomic E-state index is 3.68. The molecule has 0 saturated heterocycles. The third-order valence-corrected chi connectivity index (χ3v) is 4.50. The number of benzene rings is 1. The van der Waals surface area contributed by atoms with Crippen molar-refractivity contribution in [3.8, 4) is 0 Å². The molecule has 1 N–H and O–H groups in total. The molecular weight excluding hydrogens is 262 g/mol. The van der Waals surface area contributed by atoms with E-state index in [4.69, 9.17) is 0 Å². The summed E-state index contributed by atoms with van der Waals surface area (Å²) in [6.07, 6.45) is 5.36. The molecule has 1 aromatic carbocycles. The molecule has 0 heterocycles. The largest absolute Gasteiger partial charge is 0.382 e. The fourth-order valence-corrected chi connectivity index (χ4v) is 2.75. The molecule has 1 aliphatic carbocycles. The van der Waals surface area contributed by atoms with E-state index in [9.17, 15) is 0 Å². The van der Waals surface area contributed by atoms with Gasteiger partial charge in [-0.2, -0.15) is 0 Å². The predicted octanol–water partition coefficient (Wildman–Crippen LogP) is 4.75. The summed E-state index contributed by atoms with van der Waals surface area (Å²) in [5.74, 6) is 0.918. The normalized spacial score (nSPS) is 25.4. The van der Waals surface area contributed by atoms with Gasteiger partial charge >= 0.3 is 0 Å². The molecule has 0 amide bonds. The van der Waals surface area contributed by atoms with Gasteiger partial charge in [-0.3, -0.25) is 0 Å². The van der Waals surface area contributed by atoms with Crippen molar-refractivity contribution in [3.05, 3.63) is 28.2 Å². The maximum Gasteiger partial charge on any atom is 0.0383 e. The van der Waals surface area contributed by atoms with E-state index in [0.717, 1.165) is 5.92 Å². The van der Waals surface area contributed by atoms with E-state index >= 15 is 0 Å². The molecule has 88 valence electrons. The van der Waals surface area contributed by atoms with Crippen molar-refractivity contribution < 1.29 is 0 Å². The third-order valence-electron chi connectivity index (χ3n) is 3.64. The molecule has 0 radical (unpaired) electrons. The first-order valence-electron chi connectivity index (χ1n) is 6.18. The fraction of sp³-hybridized carbons (Fsp3) is 0.571. The summed E-state index contributed by atoms with van der Waals surface area (Å²) in [5.41, 5.74) is 2.61. The number of hydrogen-bond donors (Lipinski definition) is 1. The van der Waals surface area contributed by atoms with Crippen LogP contribution in [0.2, 0.25) is 0 Å². The van der Waals surface area contributed by atoms with Gasteiger partial charge in [0.05, 0.1) is 0 Å². The molecule has 1 aliphatic rings. The monoisotopic (exact) mass is 281 g/mol. The average molecular weight is 282 g/mol. The van der Waals surface area contributed by atoms with Crippen LogP contribution >= 0.6 is 15.9 Å². The second kappa shape index (κ2) is 5.22. The van der Waals surface area contributed by atoms with Crippen LogP contribution in [0, 0.1) is 12.8 Å². The highest BCUT2D eigenvalue weighted by Crippen LogP contribution is 2.29. The van der Waals surface area contributed by atoms with Crippen molar-refractivity contribution in [1.82, 2.24) is 0 Å². The highest BCUT2D eigenvalue weighted by atomic mass is 79.9. The van der Waals surface area contributed by atoms with Gasteiger partial charge in [-0.25, -0.2) is 0 Å². The Morgan fingerprint density at radius 2 is 1.88 bits per heavy atom. The van der Waals surface area contributed by atoms with Crippen molar-refractivity contribution in [2.24, 2.45) is 5.92 Å². The molecule has 1 nitrogen and oxygen atoms in total. The lowest BCUT2D eigenvalue weighted by Crippen LogP contribution is -2.25. The lowest BCUT2D eigenvalue weighted by atomic mass is 9.87. The van der Waals surface area contributed by atoms with Crippen LogP contribution in [0.15, 0.2) is 22.7 Å². The lowest BCUT2D eigenvalue weighted by molar-refractivity contribution is 0.361. The minimum Gasteiger partial charge on any atom is -0.382 e. The minimum atomic E-state index is 0.671. The highest BCUT2D eigenvalue weighted by Gasteiger charge is 2.18. The number of hydrogen-bond acceptors (Lipinski definition) is 1. The topological polar surface area (TPSA) is 12.0 Å². The van der Waals surface area contributed by atoms with E-state index in [2.05, 4.69) is 53.3 Å². The second-order valence-corrected chi connectivity index (χ2v) is 5.87. The minimum absolute atomic E-state index is 0.671. The first kappa shape index (κ1) is 12.0. The second-order valence-electron chi connectivity index (χ2n) is 5.01. The molecule has 0 aromatic heterocycles. The van der Waals surface area contributed by atoms with Gasteiger partial charge in [0, 0.05) is 16.2 Å². The first-order chi connectivity index (χ1) is 7.66. The van der Waals surface area contributed by atoms with Crippen molar-refractivity contribution >= 4 is 21.6 Å². The summed E-state index contributed by atoms with van der Waals surface area (Å²) in [6, 6.07) is 7.05. The van der Waals surface area contributed by atoms with Crippen molar-refractivity contribution in [3.63, 3.8) is 0 Å². The molecule has 1 fully saturated rings. The fourth-order valence-electron chi connectivity index (χ4n) is 2.39. The summed E-state index contributed by atoms with van der Waals surface area (Å²) in [5, 5.41) is 3.68. The Hall–Kier alpha value is -0.500. The summed E-state index contributed by atoms with van der Waals surface area (Å²) < 4.78 is 1.20. The van der Waals surface area contributed by atoms with Gasteiger partial charge in [0.25, 0.3) is 0 Å². The van der Waals surface area contributed by atoms with Gasteiger partial charge in [0.2, 0.25) is 0 Å². The Morgan fingerprint density at radius 3 is 2.56 bits per heavy atom. The standard InChI is InChI=1S/C14H20BrN/c1-10-6-8-12(9-7-10)16-14-5-3-4-13(15)11(14)2/h3-5,10,12,16H,6-9H2,1-2H3. The zero-order valence-corrected chi connectivity index (χ0v) is 11.7. The molecule has 0 bridgehead atoms. The van der Waals surface area contributed by atoms with Gasteiger partial charge in [-0.1, -0.05) is 28.9 Å². The average Bonchev–Trinajstić information content (AvgIpc) is 2.28. The Morgan fingerprint density at radius 1 is 1.19 bits per heavy atom. The maximum absolute atomic E-state index is 3.68. The molecule has 0 unspecified atom stereocenters. The summed E-state index contributed by atoms with van der Waals surface area (Å²) >= 11 is 3.58. The van der Waals surface area contributed by atoms with Crippen molar-refractivity contribution in [2.45, 2.75) is 45.6 Å². The van der Waals surface area contributed by atoms with Crippen LogP contribution in [0.3, 0.4) is 0 Å². The summed E-state index contributed by atoms with van der Waals surface area (Å²) in [4.78, 5) is 0. The van der Waals surface area contributed by atoms with E-state index in [1.165, 1.54) is 41.4 Å². The van der Waals surface area contributed by atoms with E-state index in [1.54, 1.807) is 0 Å². The molecule has 0 aliphatic heterocycles. The number of rotatable bonds is 2. The molecular formula is C14H20BrN. The highest BCUT2D eigenvalue weighted by molar-refractivity contribution is 9.10. The molecule has 0 spiro atoms. The van der Waals surface area contributed by atoms with Crippen LogP contribution in [0.5, 0.6) is 0 Å². The number of nitrogens with one attached hydrogen (secondary N) is 1. The zero-order chi connectivity index (χ0) is 11.5. The zero-order valence-electron chi connectivity index (χ0n) is 10.1. The Labute approximate surface area is 107 Å². The first-order valence-corrected chi connectivity index (χ1v) is 6.98. The molecule has 16 heavy (non-hydrogen) atoms. The SMILES string of the molecule is Cc1c(Br)cccc1NC1CCC(C)CC1. The van der Waals surface area contributed by atoms with E-state index < -0.39 is 0 Å². The van der Waals surface area contributed by atoms with Gasteiger partial charge in [0.1, 0.15) is 0 Å². The van der Waals surface area contributed by atoms with Crippen LogP contribution in [-0.2, 0) is 0 Å². The molecule has 0 atom stereocenters. The van der Waals surface area contributed by atoms with Crippen molar-refractivity contribution in [1.29, 1.82) is 0 Å². The number of anilines is 1. The molecule has 2 rings (SSSR count). The van der Waals surface area contributed by atoms with Crippen LogP contribution in [0.4, 0.5) is 5.69 Å². The Bertz CT molecular complexity index is 354. The van der Waals surface area contributed by atoms with Gasteiger partial charge in [0.15, 0.2) is 0 Å². The van der Waals surface area contributed by atoms with Crippen LogP contribution in [0.1, 0.15) is 38.2 Å². The Kier molecular flexibility index (Phi) is 3.91. The van der Waals surface area contributed by atoms with E-state index in [0.29, 0.717) is 6.04 Å². The molecule has 1 aromatic rings.